The van der Waals surface area contributed by atoms with E-state index in [9.17, 15) is 9.32 Å². The third kappa shape index (κ3) is 6.57. The first-order valence-corrected chi connectivity index (χ1v) is 19.9. The van der Waals surface area contributed by atoms with Crippen LogP contribution in [0.5, 0.6) is 0 Å². The molecule has 0 aliphatic carbocycles. The molecule has 8 nitrogen and oxygen atoms in total. The fourth-order valence-electron chi connectivity index (χ4n) is 2.63. The highest BCUT2D eigenvalue weighted by atomic mass is 32.2. The van der Waals surface area contributed by atoms with Crippen molar-refractivity contribution in [2.24, 2.45) is 9.17 Å². The van der Waals surface area contributed by atoms with E-state index in [-0.39, 0.29) is 29.9 Å². The van der Waals surface area contributed by atoms with Crippen LogP contribution in [-0.4, -0.2) is 49.9 Å². The van der Waals surface area contributed by atoms with Crippen LogP contribution in [0.15, 0.2) is 8.24 Å². The number of thiazole rings is 1. The Labute approximate surface area is 212 Å². The van der Waals surface area contributed by atoms with Crippen molar-refractivity contribution in [1.29, 1.82) is 0 Å². The van der Waals surface area contributed by atoms with Gasteiger partial charge in [0.05, 0.1) is 25.5 Å². The Morgan fingerprint density at radius 2 is 1.62 bits per heavy atom. The zero-order valence-electron chi connectivity index (χ0n) is 23.0. The second-order valence-corrected chi connectivity index (χ2v) is 25.7. The molecule has 0 amide bonds. The van der Waals surface area contributed by atoms with Gasteiger partial charge in [0.2, 0.25) is 0 Å². The average molecular weight is 552 g/mol. The Kier molecular flexibility index (Phi) is 8.20. The molecule has 1 atom stereocenters. The average Bonchev–Trinajstić information content (AvgIpc) is 3.06. The van der Waals surface area contributed by atoms with Gasteiger partial charge in [-0.25, -0.2) is 14.3 Å². The van der Waals surface area contributed by atoms with Crippen molar-refractivity contribution in [3.8, 4) is 0 Å². The normalized spacial score (nSPS) is 21.2. The van der Waals surface area contributed by atoms with Crippen LogP contribution in [0.3, 0.4) is 0 Å². The Morgan fingerprint density at radius 1 is 1.12 bits per heavy atom. The molecular formula is C22H45N3O5S2Si2. The molecule has 34 heavy (non-hydrogen) atoms. The van der Waals surface area contributed by atoms with Gasteiger partial charge in [-0.05, 0) is 50.1 Å². The number of rotatable bonds is 6. The lowest BCUT2D eigenvalue weighted by Gasteiger charge is -2.39. The van der Waals surface area contributed by atoms with Crippen LogP contribution in [0.2, 0.25) is 36.3 Å². The predicted octanol–water partition coefficient (Wildman–Crippen LogP) is 5.34. The van der Waals surface area contributed by atoms with Crippen molar-refractivity contribution in [3.05, 3.63) is 10.7 Å². The second kappa shape index (κ2) is 9.28. The lowest BCUT2D eigenvalue weighted by atomic mass is 10.1. The highest BCUT2D eigenvalue weighted by Crippen LogP contribution is 2.42. The van der Waals surface area contributed by atoms with Gasteiger partial charge in [-0.2, -0.15) is 0 Å². The molecule has 1 fully saturated rings. The van der Waals surface area contributed by atoms with Crippen molar-refractivity contribution >= 4 is 37.8 Å². The summed E-state index contributed by atoms with van der Waals surface area (Å²) in [4.78, 5) is 4.70. The van der Waals surface area contributed by atoms with Gasteiger partial charge in [-0.1, -0.05) is 41.5 Å². The molecule has 2 heterocycles. The van der Waals surface area contributed by atoms with E-state index in [0.717, 1.165) is 11.3 Å². The minimum Gasteiger partial charge on any atom is -0.411 e. The van der Waals surface area contributed by atoms with E-state index in [1.165, 1.54) is 0 Å². The first kappa shape index (κ1) is 30.0. The van der Waals surface area contributed by atoms with Crippen LogP contribution in [-0.2, 0) is 36.0 Å². The SMILES string of the molecule is CC1(C)OCC(O)(c2nc(CO[Si](C)(C)C(C)(C)C)c(S(N)(=O)=N[Si](C)(C)C(C)(C)C)s2)CO1. The maximum absolute atomic E-state index is 13.9. The molecule has 0 bridgehead atoms. The number of nitrogens with two attached hydrogens (primary N) is 1. The van der Waals surface area contributed by atoms with Gasteiger partial charge in [-0.15, -0.1) is 11.3 Å². The largest absolute Gasteiger partial charge is 0.411 e. The minimum absolute atomic E-state index is 0.00348. The van der Waals surface area contributed by atoms with E-state index in [0.29, 0.717) is 14.9 Å². The van der Waals surface area contributed by atoms with E-state index in [2.05, 4.69) is 67.7 Å². The Morgan fingerprint density at radius 3 is 2.06 bits per heavy atom. The zero-order chi connectivity index (χ0) is 26.6. The number of aliphatic hydroxyl groups is 1. The topological polar surface area (TPSA) is 116 Å². The summed E-state index contributed by atoms with van der Waals surface area (Å²) in [7, 11) is -7.73. The number of hydrogen-bond acceptors (Lipinski definition) is 8. The molecule has 3 N–H and O–H groups in total. The van der Waals surface area contributed by atoms with Crippen LogP contribution in [0.4, 0.5) is 0 Å². The number of hydrogen-bond donors (Lipinski definition) is 2. The minimum atomic E-state index is -3.27. The quantitative estimate of drug-likeness (QED) is 0.461. The highest BCUT2D eigenvalue weighted by molar-refractivity contribution is 7.94. The van der Waals surface area contributed by atoms with Crippen molar-refractivity contribution in [2.45, 2.75) is 114 Å². The number of aromatic nitrogens is 1. The lowest BCUT2D eigenvalue weighted by Crippen LogP contribution is -2.49. The fraction of sp³-hybridized carbons (Fsp3) is 0.864. The molecule has 1 aromatic heterocycles. The van der Waals surface area contributed by atoms with Crippen LogP contribution in [0, 0.1) is 0 Å². The van der Waals surface area contributed by atoms with E-state index in [1.807, 2.05) is 0 Å². The van der Waals surface area contributed by atoms with Crippen LogP contribution >= 0.6 is 11.3 Å². The zero-order valence-corrected chi connectivity index (χ0v) is 26.6. The second-order valence-electron chi connectivity index (χ2n) is 12.8. The fourth-order valence-corrected chi connectivity index (χ4v) is 10.1. The van der Waals surface area contributed by atoms with Crippen LogP contribution in [0.25, 0.3) is 0 Å². The van der Waals surface area contributed by atoms with Gasteiger partial charge in [-0.3, -0.25) is 4.03 Å². The molecule has 0 aromatic carbocycles. The Bertz CT molecular complexity index is 1010. The summed E-state index contributed by atoms with van der Waals surface area (Å²) in [6.45, 7) is 25.0. The van der Waals surface area contributed by atoms with Crippen molar-refractivity contribution in [3.63, 3.8) is 0 Å². The predicted molar refractivity (Wildman–Crippen MR) is 144 cm³/mol. The van der Waals surface area contributed by atoms with Gasteiger partial charge in [0.1, 0.15) is 19.1 Å². The lowest BCUT2D eigenvalue weighted by molar-refractivity contribution is -0.304. The Balaban J connectivity index is 2.59. The summed E-state index contributed by atoms with van der Waals surface area (Å²) in [5, 5.41) is 18.0. The number of ether oxygens (including phenoxy) is 2. The molecule has 1 aromatic rings. The summed E-state index contributed by atoms with van der Waals surface area (Å²) in [5.41, 5.74) is -0.991. The van der Waals surface area contributed by atoms with Crippen LogP contribution < -0.4 is 5.14 Å². The van der Waals surface area contributed by atoms with Gasteiger partial charge in [0.15, 0.2) is 27.9 Å². The standard InChI is InChI=1S/C22H45N3O5S2Si2/c1-19(2,3)33(9,10)25-32(23,27)17-16(13-30-34(11,12)20(4,5)6)24-18(31-17)22(26)14-28-21(7,8)29-15-22/h26H,13-15H2,1-12H3,(H2,23,25,27). The summed E-state index contributed by atoms with van der Waals surface area (Å²) >= 11 is 1.12. The van der Waals surface area contributed by atoms with Crippen molar-refractivity contribution in [2.75, 3.05) is 13.2 Å². The summed E-state index contributed by atoms with van der Waals surface area (Å²) < 4.78 is 36.9. The Hall–Kier alpha value is -0.186. The van der Waals surface area contributed by atoms with Gasteiger partial charge < -0.3 is 19.0 Å². The van der Waals surface area contributed by atoms with E-state index >= 15 is 0 Å². The van der Waals surface area contributed by atoms with Gasteiger partial charge in [0.25, 0.3) is 0 Å². The smallest absolute Gasteiger partial charge is 0.195 e. The van der Waals surface area contributed by atoms with Crippen LogP contribution in [0.1, 0.15) is 66.1 Å². The molecular weight excluding hydrogens is 507 g/mol. The third-order valence-electron chi connectivity index (χ3n) is 7.22. The van der Waals surface area contributed by atoms with E-state index in [1.54, 1.807) is 13.8 Å². The maximum Gasteiger partial charge on any atom is 0.195 e. The summed E-state index contributed by atoms with van der Waals surface area (Å²) in [6, 6.07) is 0. The molecule has 0 saturated carbocycles. The molecule has 198 valence electrons. The van der Waals surface area contributed by atoms with E-state index in [4.69, 9.17) is 28.1 Å². The molecule has 1 aliphatic heterocycles. The highest BCUT2D eigenvalue weighted by Gasteiger charge is 2.44. The molecule has 0 radical (unpaired) electrons. The number of nitrogens with zero attached hydrogens (tertiary/aromatic N) is 2. The van der Waals surface area contributed by atoms with Crippen molar-refractivity contribution in [1.82, 2.24) is 4.98 Å². The van der Waals surface area contributed by atoms with Gasteiger partial charge in [0, 0.05) is 0 Å². The molecule has 2 rings (SSSR count). The maximum atomic E-state index is 13.9. The first-order chi connectivity index (χ1) is 14.9. The molecule has 12 heteroatoms. The first-order valence-electron chi connectivity index (χ1n) is 11.6. The third-order valence-corrected chi connectivity index (χ3v) is 21.1. The monoisotopic (exact) mass is 551 g/mol. The summed E-state index contributed by atoms with van der Waals surface area (Å²) in [6.07, 6.45) is 0. The molecule has 1 unspecified atom stereocenters. The molecule has 1 saturated heterocycles. The van der Waals surface area contributed by atoms with Crippen molar-refractivity contribution < 1.29 is 23.2 Å². The molecule has 0 spiro atoms. The summed E-state index contributed by atoms with van der Waals surface area (Å²) in [5.74, 6) is -0.792. The van der Waals surface area contributed by atoms with Gasteiger partial charge >= 0.3 is 0 Å². The van der Waals surface area contributed by atoms with E-state index < -0.39 is 37.9 Å². The molecule has 1 aliphatic rings.